The number of carbonyl (C=O) groups excluding carboxylic acids is 1. The molecule has 1 rings (SSSR count). The number of Topliss-reactive ketones (excluding diaryl/α,β-unsaturated/α-hetero) is 1. The minimum absolute atomic E-state index is 0.0755. The average Bonchev–Trinajstić information content (AvgIpc) is 2.23. The van der Waals surface area contributed by atoms with E-state index in [1.165, 1.54) is 25.3 Å². The van der Waals surface area contributed by atoms with Crippen LogP contribution in [0.25, 0.3) is 0 Å². The third-order valence-electron chi connectivity index (χ3n) is 2.00. The second-order valence-corrected chi connectivity index (χ2v) is 3.51. The number of ether oxygens (including phenoxy) is 1. The van der Waals surface area contributed by atoms with Crippen molar-refractivity contribution in [2.45, 2.75) is 25.9 Å². The zero-order chi connectivity index (χ0) is 12.9. The lowest BCUT2D eigenvalue weighted by Gasteiger charge is -2.07. The summed E-state index contributed by atoms with van der Waals surface area (Å²) >= 11 is 0. The van der Waals surface area contributed by atoms with Crippen LogP contribution < -0.4 is 4.74 Å². The second-order valence-electron chi connectivity index (χ2n) is 3.51. The molecule has 6 heteroatoms. The predicted molar refractivity (Wildman–Crippen MR) is 55.0 cm³/mol. The lowest BCUT2D eigenvalue weighted by Crippen LogP contribution is -2.10. The summed E-state index contributed by atoms with van der Waals surface area (Å²) in [6, 6.07) is 2.93. The topological polar surface area (TPSA) is 39.2 Å². The van der Waals surface area contributed by atoms with Crippen LogP contribution in [0.15, 0.2) is 18.3 Å². The SMILES string of the molecule is CC(=O)c1ccnc(OCCCC(F)(F)F)c1. The first-order valence-corrected chi connectivity index (χ1v) is 5.05. The average molecular weight is 247 g/mol. The van der Waals surface area contributed by atoms with E-state index in [-0.39, 0.29) is 24.7 Å². The van der Waals surface area contributed by atoms with Gasteiger partial charge in [-0.2, -0.15) is 13.2 Å². The van der Waals surface area contributed by atoms with E-state index < -0.39 is 12.6 Å². The van der Waals surface area contributed by atoms with Gasteiger partial charge >= 0.3 is 6.18 Å². The van der Waals surface area contributed by atoms with Crippen molar-refractivity contribution in [3.05, 3.63) is 23.9 Å². The molecule has 0 aliphatic heterocycles. The van der Waals surface area contributed by atoms with E-state index in [2.05, 4.69) is 4.98 Å². The molecule has 1 aromatic rings. The Morgan fingerprint density at radius 2 is 2.18 bits per heavy atom. The lowest BCUT2D eigenvalue weighted by molar-refractivity contribution is -0.136. The highest BCUT2D eigenvalue weighted by molar-refractivity contribution is 5.94. The molecule has 17 heavy (non-hydrogen) atoms. The smallest absolute Gasteiger partial charge is 0.389 e. The minimum Gasteiger partial charge on any atom is -0.478 e. The van der Waals surface area contributed by atoms with Crippen LogP contribution in [0, 0.1) is 0 Å². The Balaban J connectivity index is 2.42. The molecule has 1 aromatic heterocycles. The third-order valence-corrected chi connectivity index (χ3v) is 2.00. The fraction of sp³-hybridized carbons (Fsp3) is 0.455. The molecule has 0 N–H and O–H groups in total. The molecule has 0 amide bonds. The van der Waals surface area contributed by atoms with Crippen molar-refractivity contribution in [1.82, 2.24) is 4.98 Å². The van der Waals surface area contributed by atoms with E-state index in [4.69, 9.17) is 4.74 Å². The van der Waals surface area contributed by atoms with Crippen molar-refractivity contribution >= 4 is 5.78 Å². The number of carbonyl (C=O) groups is 1. The quantitative estimate of drug-likeness (QED) is 0.593. The first kappa shape index (κ1) is 13.5. The molecule has 0 fully saturated rings. The third kappa shape index (κ3) is 5.33. The van der Waals surface area contributed by atoms with Crippen LogP contribution in [0.2, 0.25) is 0 Å². The molecule has 0 aliphatic carbocycles. The largest absolute Gasteiger partial charge is 0.478 e. The highest BCUT2D eigenvalue weighted by Gasteiger charge is 2.26. The fourth-order valence-corrected chi connectivity index (χ4v) is 1.16. The molecule has 1 heterocycles. The maximum absolute atomic E-state index is 11.8. The van der Waals surface area contributed by atoms with E-state index in [0.717, 1.165) is 0 Å². The zero-order valence-corrected chi connectivity index (χ0v) is 9.25. The molecule has 0 saturated heterocycles. The Kier molecular flexibility index (Phi) is 4.48. The first-order chi connectivity index (χ1) is 7.88. The standard InChI is InChI=1S/C11H12F3NO2/c1-8(16)9-3-5-15-10(7-9)17-6-2-4-11(12,13)14/h3,5,7H,2,4,6H2,1H3. The summed E-state index contributed by atoms with van der Waals surface area (Å²) in [6.45, 7) is 1.32. The van der Waals surface area contributed by atoms with Crippen LogP contribution in [-0.2, 0) is 0 Å². The molecule has 0 saturated carbocycles. The van der Waals surface area contributed by atoms with Crippen LogP contribution in [0.5, 0.6) is 5.88 Å². The van der Waals surface area contributed by atoms with E-state index in [1.807, 2.05) is 0 Å². The molecule has 0 atom stereocenters. The normalized spacial score (nSPS) is 11.3. The highest BCUT2D eigenvalue weighted by Crippen LogP contribution is 2.21. The first-order valence-electron chi connectivity index (χ1n) is 5.05. The van der Waals surface area contributed by atoms with Crippen molar-refractivity contribution in [3.63, 3.8) is 0 Å². The molecule has 0 radical (unpaired) electrons. The highest BCUT2D eigenvalue weighted by atomic mass is 19.4. The number of pyridine rings is 1. The predicted octanol–water partition coefficient (Wildman–Crippen LogP) is 3.01. The molecule has 0 unspecified atom stereocenters. The van der Waals surface area contributed by atoms with Gasteiger partial charge in [0, 0.05) is 24.2 Å². The van der Waals surface area contributed by atoms with Gasteiger partial charge in [-0.05, 0) is 19.4 Å². The molecule has 0 bridgehead atoms. The number of nitrogens with zero attached hydrogens (tertiary/aromatic N) is 1. The molecular weight excluding hydrogens is 235 g/mol. The van der Waals surface area contributed by atoms with Gasteiger partial charge < -0.3 is 4.74 Å². The maximum Gasteiger partial charge on any atom is 0.389 e. The van der Waals surface area contributed by atoms with Crippen molar-refractivity contribution in [2.24, 2.45) is 0 Å². The van der Waals surface area contributed by atoms with Crippen LogP contribution in [0.3, 0.4) is 0 Å². The van der Waals surface area contributed by atoms with Gasteiger partial charge in [0.2, 0.25) is 5.88 Å². The number of rotatable bonds is 5. The molecule has 94 valence electrons. The summed E-state index contributed by atoms with van der Waals surface area (Å²) in [6.07, 6.45) is -3.80. The number of alkyl halides is 3. The number of hydrogen-bond acceptors (Lipinski definition) is 3. The Hall–Kier alpha value is -1.59. The Morgan fingerprint density at radius 3 is 2.76 bits per heavy atom. The summed E-state index contributed by atoms with van der Waals surface area (Å²) in [5, 5.41) is 0. The van der Waals surface area contributed by atoms with Gasteiger partial charge in [0.1, 0.15) is 0 Å². The van der Waals surface area contributed by atoms with E-state index in [1.54, 1.807) is 0 Å². The summed E-state index contributed by atoms with van der Waals surface area (Å²) < 4.78 is 40.5. The van der Waals surface area contributed by atoms with Crippen molar-refractivity contribution in [2.75, 3.05) is 6.61 Å². The molecule has 0 aromatic carbocycles. The molecule has 0 aliphatic rings. The number of aromatic nitrogens is 1. The van der Waals surface area contributed by atoms with Crippen LogP contribution in [-0.4, -0.2) is 23.6 Å². The van der Waals surface area contributed by atoms with Gasteiger partial charge in [-0.1, -0.05) is 0 Å². The summed E-state index contributed by atoms with van der Waals surface area (Å²) in [7, 11) is 0. The van der Waals surface area contributed by atoms with E-state index >= 15 is 0 Å². The summed E-state index contributed by atoms with van der Waals surface area (Å²) in [5.74, 6) is 0.0208. The van der Waals surface area contributed by atoms with Crippen molar-refractivity contribution in [3.8, 4) is 5.88 Å². The lowest BCUT2D eigenvalue weighted by atomic mass is 10.2. The van der Waals surface area contributed by atoms with Gasteiger partial charge in [0.25, 0.3) is 0 Å². The Morgan fingerprint density at radius 1 is 1.47 bits per heavy atom. The van der Waals surface area contributed by atoms with Crippen LogP contribution in [0.4, 0.5) is 13.2 Å². The van der Waals surface area contributed by atoms with E-state index in [0.29, 0.717) is 5.56 Å². The second kappa shape index (κ2) is 5.65. The monoisotopic (exact) mass is 247 g/mol. The van der Waals surface area contributed by atoms with Crippen LogP contribution >= 0.6 is 0 Å². The molecular formula is C11H12F3NO2. The van der Waals surface area contributed by atoms with Gasteiger partial charge in [-0.3, -0.25) is 4.79 Å². The van der Waals surface area contributed by atoms with Crippen LogP contribution in [0.1, 0.15) is 30.1 Å². The number of halogens is 3. The maximum atomic E-state index is 11.8. The van der Waals surface area contributed by atoms with Crippen molar-refractivity contribution in [1.29, 1.82) is 0 Å². The van der Waals surface area contributed by atoms with E-state index in [9.17, 15) is 18.0 Å². The van der Waals surface area contributed by atoms with Crippen molar-refractivity contribution < 1.29 is 22.7 Å². The van der Waals surface area contributed by atoms with Gasteiger partial charge in [-0.25, -0.2) is 4.98 Å². The molecule has 0 spiro atoms. The molecule has 3 nitrogen and oxygen atoms in total. The number of hydrogen-bond donors (Lipinski definition) is 0. The summed E-state index contributed by atoms with van der Waals surface area (Å²) in [4.78, 5) is 14.8. The van der Waals surface area contributed by atoms with Gasteiger partial charge in [0.15, 0.2) is 5.78 Å². The van der Waals surface area contributed by atoms with Gasteiger partial charge in [0.05, 0.1) is 6.61 Å². The minimum atomic E-state index is -4.17. The number of ketones is 1. The summed E-state index contributed by atoms with van der Waals surface area (Å²) in [5.41, 5.74) is 0.422. The Bertz CT molecular complexity index is 391. The Labute approximate surface area is 96.6 Å². The zero-order valence-electron chi connectivity index (χ0n) is 9.25. The fourth-order valence-electron chi connectivity index (χ4n) is 1.16. The van der Waals surface area contributed by atoms with Gasteiger partial charge in [-0.15, -0.1) is 0 Å².